The molecular formula is C20H22N2O2. The molecule has 1 fully saturated rings. The normalized spacial score (nSPS) is 17.2. The van der Waals surface area contributed by atoms with Crippen molar-refractivity contribution in [1.29, 1.82) is 0 Å². The van der Waals surface area contributed by atoms with Crippen molar-refractivity contribution in [3.63, 3.8) is 0 Å². The summed E-state index contributed by atoms with van der Waals surface area (Å²) in [5.41, 5.74) is 4.78. The molecule has 1 N–H and O–H groups in total. The van der Waals surface area contributed by atoms with Gasteiger partial charge in [-0.25, -0.2) is 0 Å². The van der Waals surface area contributed by atoms with Crippen molar-refractivity contribution in [3.05, 3.63) is 64.7 Å². The van der Waals surface area contributed by atoms with Crippen molar-refractivity contribution in [2.75, 3.05) is 11.4 Å². The number of carbonyl (C=O) groups excluding carboxylic acids is 2. The number of nitrogens with one attached hydrogen (secondary N) is 1. The molecule has 1 atom stereocenters. The molecule has 2 amide bonds. The van der Waals surface area contributed by atoms with Crippen LogP contribution in [0.3, 0.4) is 0 Å². The fourth-order valence-electron chi connectivity index (χ4n) is 3.20. The van der Waals surface area contributed by atoms with Crippen molar-refractivity contribution in [2.45, 2.75) is 33.2 Å². The van der Waals surface area contributed by atoms with Gasteiger partial charge in [0.1, 0.15) is 6.04 Å². The SMILES string of the molecule is Cc1cccc(C(=O)N[C@@H]2CCN(c3cc(C)cc(C)c3)C2=O)c1. The van der Waals surface area contributed by atoms with E-state index in [1.807, 2.05) is 51.1 Å². The van der Waals surface area contributed by atoms with Crippen LogP contribution in [-0.2, 0) is 4.79 Å². The highest BCUT2D eigenvalue weighted by molar-refractivity contribution is 6.04. The van der Waals surface area contributed by atoms with Gasteiger partial charge in [0.05, 0.1) is 0 Å². The predicted molar refractivity (Wildman–Crippen MR) is 95.3 cm³/mol. The molecule has 0 saturated carbocycles. The highest BCUT2D eigenvalue weighted by Gasteiger charge is 2.33. The summed E-state index contributed by atoms with van der Waals surface area (Å²) in [6.45, 7) is 6.61. The summed E-state index contributed by atoms with van der Waals surface area (Å²) in [7, 11) is 0. The fraction of sp³-hybridized carbons (Fsp3) is 0.300. The standard InChI is InChI=1S/C20H22N2O2/c1-13-5-4-6-16(10-13)19(23)21-18-7-8-22(20(18)24)17-11-14(2)9-15(3)12-17/h4-6,9-12,18H,7-8H2,1-3H3,(H,21,23)/t18-/m1/s1. The van der Waals surface area contributed by atoms with Gasteiger partial charge in [0, 0.05) is 17.8 Å². The lowest BCUT2D eigenvalue weighted by atomic mass is 10.1. The summed E-state index contributed by atoms with van der Waals surface area (Å²) in [6.07, 6.45) is 0.628. The van der Waals surface area contributed by atoms with Crippen molar-refractivity contribution >= 4 is 17.5 Å². The molecule has 124 valence electrons. The molecule has 0 radical (unpaired) electrons. The van der Waals surface area contributed by atoms with Crippen molar-refractivity contribution in [2.24, 2.45) is 0 Å². The maximum absolute atomic E-state index is 12.7. The third kappa shape index (κ3) is 3.32. The Morgan fingerprint density at radius 1 is 1.04 bits per heavy atom. The average molecular weight is 322 g/mol. The van der Waals surface area contributed by atoms with Gasteiger partial charge < -0.3 is 10.2 Å². The van der Waals surface area contributed by atoms with Gasteiger partial charge in [-0.1, -0.05) is 23.8 Å². The number of nitrogens with zero attached hydrogens (tertiary/aromatic N) is 1. The first-order valence-electron chi connectivity index (χ1n) is 8.21. The van der Waals surface area contributed by atoms with Gasteiger partial charge in [-0.3, -0.25) is 9.59 Å². The van der Waals surface area contributed by atoms with Crippen LogP contribution < -0.4 is 10.2 Å². The Labute approximate surface area is 142 Å². The van der Waals surface area contributed by atoms with Gasteiger partial charge in [0.2, 0.25) is 5.91 Å². The summed E-state index contributed by atoms with van der Waals surface area (Å²) in [4.78, 5) is 26.8. The van der Waals surface area contributed by atoms with Gasteiger partial charge in [0.15, 0.2) is 0 Å². The zero-order valence-corrected chi connectivity index (χ0v) is 14.3. The Morgan fingerprint density at radius 3 is 2.42 bits per heavy atom. The monoisotopic (exact) mass is 322 g/mol. The quantitative estimate of drug-likeness (QED) is 0.944. The second kappa shape index (κ2) is 6.48. The molecule has 3 rings (SSSR count). The second-order valence-electron chi connectivity index (χ2n) is 6.52. The first-order chi connectivity index (χ1) is 11.4. The fourth-order valence-corrected chi connectivity index (χ4v) is 3.20. The first-order valence-corrected chi connectivity index (χ1v) is 8.21. The highest BCUT2D eigenvalue weighted by atomic mass is 16.2. The summed E-state index contributed by atoms with van der Waals surface area (Å²) in [5, 5.41) is 2.87. The van der Waals surface area contributed by atoms with Gasteiger partial charge in [0.25, 0.3) is 5.91 Å². The summed E-state index contributed by atoms with van der Waals surface area (Å²) in [6, 6.07) is 13.0. The van der Waals surface area contributed by atoms with Crippen LogP contribution in [0.1, 0.15) is 33.5 Å². The van der Waals surface area contributed by atoms with E-state index in [0.717, 1.165) is 22.4 Å². The number of hydrogen-bond donors (Lipinski definition) is 1. The largest absolute Gasteiger partial charge is 0.340 e. The molecule has 0 spiro atoms. The summed E-state index contributed by atoms with van der Waals surface area (Å²) >= 11 is 0. The number of aryl methyl sites for hydroxylation is 3. The molecule has 0 aliphatic carbocycles. The van der Waals surface area contributed by atoms with Crippen LogP contribution in [0.15, 0.2) is 42.5 Å². The van der Waals surface area contributed by atoms with E-state index in [1.165, 1.54) is 0 Å². The minimum Gasteiger partial charge on any atom is -0.340 e. The van der Waals surface area contributed by atoms with Crippen LogP contribution in [0, 0.1) is 20.8 Å². The minimum atomic E-state index is -0.459. The second-order valence-corrected chi connectivity index (χ2v) is 6.52. The number of benzene rings is 2. The highest BCUT2D eigenvalue weighted by Crippen LogP contribution is 2.24. The first kappa shape index (κ1) is 16.2. The number of rotatable bonds is 3. The maximum atomic E-state index is 12.7. The van der Waals surface area contributed by atoms with E-state index in [-0.39, 0.29) is 11.8 Å². The van der Waals surface area contributed by atoms with Crippen LogP contribution in [0.4, 0.5) is 5.69 Å². The Morgan fingerprint density at radius 2 is 1.75 bits per heavy atom. The molecule has 1 aliphatic heterocycles. The molecular weight excluding hydrogens is 300 g/mol. The Balaban J connectivity index is 1.73. The Kier molecular flexibility index (Phi) is 4.38. The molecule has 0 unspecified atom stereocenters. The third-order valence-corrected chi connectivity index (χ3v) is 4.31. The number of carbonyl (C=O) groups is 2. The van der Waals surface area contributed by atoms with Crippen molar-refractivity contribution in [3.8, 4) is 0 Å². The average Bonchev–Trinajstić information content (AvgIpc) is 2.87. The van der Waals surface area contributed by atoms with Crippen LogP contribution in [-0.4, -0.2) is 24.4 Å². The lowest BCUT2D eigenvalue weighted by Gasteiger charge is -2.18. The van der Waals surface area contributed by atoms with E-state index in [2.05, 4.69) is 11.4 Å². The number of anilines is 1. The molecule has 1 saturated heterocycles. The molecule has 1 heterocycles. The molecule has 4 nitrogen and oxygen atoms in total. The summed E-state index contributed by atoms with van der Waals surface area (Å²) in [5.74, 6) is -0.236. The molecule has 2 aromatic carbocycles. The van der Waals surface area contributed by atoms with Gasteiger partial charge in [-0.05, 0) is 62.6 Å². The van der Waals surface area contributed by atoms with Crippen molar-refractivity contribution < 1.29 is 9.59 Å². The topological polar surface area (TPSA) is 49.4 Å². The molecule has 2 aromatic rings. The van der Waals surface area contributed by atoms with E-state index >= 15 is 0 Å². The zero-order valence-electron chi connectivity index (χ0n) is 14.3. The lowest BCUT2D eigenvalue weighted by molar-refractivity contribution is -0.118. The Hall–Kier alpha value is -2.62. The molecule has 0 aromatic heterocycles. The number of amides is 2. The smallest absolute Gasteiger partial charge is 0.251 e. The summed E-state index contributed by atoms with van der Waals surface area (Å²) < 4.78 is 0. The number of hydrogen-bond acceptors (Lipinski definition) is 2. The van der Waals surface area contributed by atoms with Gasteiger partial charge in [-0.2, -0.15) is 0 Å². The van der Waals surface area contributed by atoms with E-state index in [0.29, 0.717) is 18.5 Å². The molecule has 1 aliphatic rings. The Bertz CT molecular complexity index is 778. The van der Waals surface area contributed by atoms with Crippen molar-refractivity contribution in [1.82, 2.24) is 5.32 Å². The van der Waals surface area contributed by atoms with Gasteiger partial charge in [-0.15, -0.1) is 0 Å². The molecule has 0 bridgehead atoms. The van der Waals surface area contributed by atoms with E-state index in [1.54, 1.807) is 11.0 Å². The van der Waals surface area contributed by atoms with Crippen LogP contribution in [0.2, 0.25) is 0 Å². The lowest BCUT2D eigenvalue weighted by Crippen LogP contribution is -2.41. The van der Waals surface area contributed by atoms with Crippen LogP contribution in [0.5, 0.6) is 0 Å². The van der Waals surface area contributed by atoms with Crippen LogP contribution in [0.25, 0.3) is 0 Å². The van der Waals surface area contributed by atoms with E-state index in [9.17, 15) is 9.59 Å². The van der Waals surface area contributed by atoms with Gasteiger partial charge >= 0.3 is 0 Å². The molecule has 4 heteroatoms. The minimum absolute atomic E-state index is 0.0407. The van der Waals surface area contributed by atoms with E-state index < -0.39 is 6.04 Å². The van der Waals surface area contributed by atoms with E-state index in [4.69, 9.17) is 0 Å². The zero-order chi connectivity index (χ0) is 17.3. The van der Waals surface area contributed by atoms with Crippen LogP contribution >= 0.6 is 0 Å². The third-order valence-electron chi connectivity index (χ3n) is 4.31. The molecule has 24 heavy (non-hydrogen) atoms. The predicted octanol–water partition coefficient (Wildman–Crippen LogP) is 3.15. The maximum Gasteiger partial charge on any atom is 0.251 e.